The van der Waals surface area contributed by atoms with Gasteiger partial charge in [0.15, 0.2) is 5.75 Å². The molecule has 0 saturated carbocycles. The van der Waals surface area contributed by atoms with Gasteiger partial charge in [0.1, 0.15) is 0 Å². The Labute approximate surface area is 174 Å². The number of fused-ring (bicyclic) bond motifs is 3. The number of rotatable bonds is 2. The Kier molecular flexibility index (Phi) is 4.78. The second kappa shape index (κ2) is 6.96. The lowest BCUT2D eigenvalue weighted by Gasteiger charge is -2.33. The Balaban J connectivity index is 1.76. The molecule has 6 nitrogen and oxygen atoms in total. The predicted octanol–water partition coefficient (Wildman–Crippen LogP) is 4.80. The third-order valence-electron chi connectivity index (χ3n) is 4.85. The molecule has 27 heavy (non-hydrogen) atoms. The van der Waals surface area contributed by atoms with Crippen molar-refractivity contribution in [1.82, 2.24) is 19.9 Å². The summed E-state index contributed by atoms with van der Waals surface area (Å²) in [5, 5.41) is 1.90. The van der Waals surface area contributed by atoms with Crippen LogP contribution in [0, 0.1) is 0 Å². The molecule has 3 aromatic rings. The number of nitrogens with one attached hydrogen (secondary N) is 1. The van der Waals surface area contributed by atoms with Gasteiger partial charge in [0, 0.05) is 34.1 Å². The molecule has 2 aromatic heterocycles. The van der Waals surface area contributed by atoms with Crippen molar-refractivity contribution in [2.45, 2.75) is 19.4 Å². The van der Waals surface area contributed by atoms with Gasteiger partial charge in [-0.05, 0) is 13.0 Å². The zero-order valence-corrected chi connectivity index (χ0v) is 17.6. The number of aromatic amines is 1. The summed E-state index contributed by atoms with van der Waals surface area (Å²) < 4.78 is 5.89. The van der Waals surface area contributed by atoms with Crippen LogP contribution in [0.5, 0.6) is 5.75 Å². The molecule has 1 aliphatic rings. The molecule has 9 heteroatoms. The number of methoxy groups -OCH3 is 1. The van der Waals surface area contributed by atoms with Crippen LogP contribution in [-0.2, 0) is 6.42 Å². The van der Waals surface area contributed by atoms with E-state index in [0.29, 0.717) is 28.8 Å². The quantitative estimate of drug-likeness (QED) is 0.547. The van der Waals surface area contributed by atoms with E-state index >= 15 is 0 Å². The molecule has 0 bridgehead atoms. The lowest BCUT2D eigenvalue weighted by molar-refractivity contribution is 0.0665. The number of benzene rings is 1. The van der Waals surface area contributed by atoms with E-state index in [4.69, 9.17) is 27.9 Å². The predicted molar refractivity (Wildman–Crippen MR) is 108 cm³/mol. The van der Waals surface area contributed by atoms with Crippen molar-refractivity contribution in [3.8, 4) is 5.75 Å². The maximum absolute atomic E-state index is 13.0. The largest absolute Gasteiger partial charge is 0.494 e. The summed E-state index contributed by atoms with van der Waals surface area (Å²) in [7, 11) is 1.53. The van der Waals surface area contributed by atoms with Gasteiger partial charge in [0.05, 0.1) is 41.1 Å². The Morgan fingerprint density at radius 3 is 2.74 bits per heavy atom. The van der Waals surface area contributed by atoms with Crippen molar-refractivity contribution >= 4 is 55.9 Å². The van der Waals surface area contributed by atoms with Gasteiger partial charge >= 0.3 is 0 Å². The van der Waals surface area contributed by atoms with Gasteiger partial charge in [-0.1, -0.05) is 39.1 Å². The second-order valence-electron chi connectivity index (χ2n) is 6.29. The Morgan fingerprint density at radius 1 is 1.37 bits per heavy atom. The minimum atomic E-state index is -0.221. The maximum Gasteiger partial charge on any atom is 0.292 e. The number of amides is 1. The van der Waals surface area contributed by atoms with E-state index in [1.165, 1.54) is 19.5 Å². The molecule has 0 aliphatic carbocycles. The summed E-state index contributed by atoms with van der Waals surface area (Å²) in [4.78, 5) is 26.4. The highest BCUT2D eigenvalue weighted by Crippen LogP contribution is 2.43. The smallest absolute Gasteiger partial charge is 0.292 e. The molecule has 140 valence electrons. The zero-order valence-electron chi connectivity index (χ0n) is 14.5. The van der Waals surface area contributed by atoms with Gasteiger partial charge in [-0.15, -0.1) is 0 Å². The molecular weight excluding hydrogens is 455 g/mol. The van der Waals surface area contributed by atoms with Crippen LogP contribution in [0.3, 0.4) is 0 Å². The Hall–Kier alpha value is -1.83. The van der Waals surface area contributed by atoms with Crippen molar-refractivity contribution < 1.29 is 9.53 Å². The number of hydrogen-bond acceptors (Lipinski definition) is 4. The van der Waals surface area contributed by atoms with Crippen LogP contribution >= 0.6 is 39.1 Å². The molecule has 1 aromatic carbocycles. The summed E-state index contributed by atoms with van der Waals surface area (Å²) in [5.74, 6) is 0.431. The van der Waals surface area contributed by atoms with Crippen LogP contribution < -0.4 is 4.74 Å². The van der Waals surface area contributed by atoms with Crippen LogP contribution in [0.1, 0.15) is 34.8 Å². The Morgan fingerprint density at radius 2 is 2.07 bits per heavy atom. The van der Waals surface area contributed by atoms with E-state index in [1.54, 1.807) is 11.0 Å². The summed E-state index contributed by atoms with van der Waals surface area (Å²) >= 11 is 16.2. The highest BCUT2D eigenvalue weighted by molar-refractivity contribution is 9.10. The minimum Gasteiger partial charge on any atom is -0.494 e. The fourth-order valence-electron chi connectivity index (χ4n) is 3.52. The standard InChI is InChI=1S/C18H15BrCl2N4O2/c1-8-13-12(24-16-14(13)10(19)5-11(20)15(16)21)3-4-25(8)18(26)17-22-6-9(27-2)7-23-17/h5-8,24H,3-4H2,1-2H3/t8-/m0/s1. The molecule has 0 saturated heterocycles. The second-order valence-corrected chi connectivity index (χ2v) is 7.93. The lowest BCUT2D eigenvalue weighted by Crippen LogP contribution is -2.39. The SMILES string of the molecule is COc1cnc(C(=O)N2CCc3[nH]c4c(Cl)c(Cl)cc(Br)c4c3[C@@H]2C)nc1. The summed E-state index contributed by atoms with van der Waals surface area (Å²) in [6, 6.07) is 1.61. The highest BCUT2D eigenvalue weighted by atomic mass is 79.9. The fourth-order valence-corrected chi connectivity index (χ4v) is 4.70. The van der Waals surface area contributed by atoms with Crippen molar-refractivity contribution in [3.63, 3.8) is 0 Å². The average molecular weight is 470 g/mol. The number of halogens is 3. The first-order chi connectivity index (χ1) is 12.9. The molecular formula is C18H15BrCl2N4O2. The van der Waals surface area contributed by atoms with Gasteiger partial charge in [-0.25, -0.2) is 9.97 Å². The monoisotopic (exact) mass is 468 g/mol. The lowest BCUT2D eigenvalue weighted by atomic mass is 9.97. The van der Waals surface area contributed by atoms with Crippen molar-refractivity contribution in [2.24, 2.45) is 0 Å². The molecule has 0 radical (unpaired) electrons. The fraction of sp³-hybridized carbons (Fsp3) is 0.278. The Bertz CT molecular complexity index is 1050. The number of carbonyl (C=O) groups excluding carboxylic acids is 1. The van der Waals surface area contributed by atoms with Crippen LogP contribution in [0.4, 0.5) is 0 Å². The third kappa shape index (κ3) is 2.98. The first-order valence-electron chi connectivity index (χ1n) is 8.27. The molecule has 1 atom stereocenters. The topological polar surface area (TPSA) is 71.1 Å². The van der Waals surface area contributed by atoms with Crippen molar-refractivity contribution in [1.29, 1.82) is 0 Å². The molecule has 1 aliphatic heterocycles. The van der Waals surface area contributed by atoms with Crippen molar-refractivity contribution in [3.05, 3.63) is 50.1 Å². The number of ether oxygens (including phenoxy) is 1. The average Bonchev–Trinajstić information content (AvgIpc) is 3.07. The van der Waals surface area contributed by atoms with E-state index in [0.717, 1.165) is 26.6 Å². The van der Waals surface area contributed by atoms with E-state index in [-0.39, 0.29) is 17.8 Å². The molecule has 0 spiro atoms. The van der Waals surface area contributed by atoms with Gasteiger partial charge in [-0.2, -0.15) is 0 Å². The van der Waals surface area contributed by atoms with Crippen LogP contribution in [0.15, 0.2) is 22.9 Å². The van der Waals surface area contributed by atoms with Crippen molar-refractivity contribution in [2.75, 3.05) is 13.7 Å². The van der Waals surface area contributed by atoms with Gasteiger partial charge in [-0.3, -0.25) is 4.79 Å². The zero-order chi connectivity index (χ0) is 19.3. The van der Waals surface area contributed by atoms with E-state index in [9.17, 15) is 4.79 Å². The number of aromatic nitrogens is 3. The molecule has 0 unspecified atom stereocenters. The molecule has 3 heterocycles. The first-order valence-corrected chi connectivity index (χ1v) is 9.82. The van der Waals surface area contributed by atoms with Gasteiger partial charge < -0.3 is 14.6 Å². The maximum atomic E-state index is 13.0. The molecule has 0 fully saturated rings. The van der Waals surface area contributed by atoms with Gasteiger partial charge in [0.2, 0.25) is 5.82 Å². The van der Waals surface area contributed by atoms with Crippen LogP contribution in [0.2, 0.25) is 10.0 Å². The van der Waals surface area contributed by atoms with Crippen LogP contribution in [0.25, 0.3) is 10.9 Å². The molecule has 4 rings (SSSR count). The molecule has 1 amide bonds. The number of H-pyrrole nitrogens is 1. The number of hydrogen-bond donors (Lipinski definition) is 1. The highest BCUT2D eigenvalue weighted by Gasteiger charge is 2.33. The minimum absolute atomic E-state index is 0.145. The summed E-state index contributed by atoms with van der Waals surface area (Å²) in [6.07, 6.45) is 3.66. The van der Waals surface area contributed by atoms with E-state index in [1.807, 2.05) is 6.92 Å². The number of nitrogens with zero attached hydrogens (tertiary/aromatic N) is 3. The van der Waals surface area contributed by atoms with E-state index < -0.39 is 0 Å². The first kappa shape index (κ1) is 18.5. The third-order valence-corrected chi connectivity index (χ3v) is 6.26. The summed E-state index contributed by atoms with van der Waals surface area (Å²) in [6.45, 7) is 2.54. The van der Waals surface area contributed by atoms with E-state index in [2.05, 4.69) is 30.9 Å². The van der Waals surface area contributed by atoms with Crippen LogP contribution in [-0.4, -0.2) is 39.4 Å². The molecule has 1 N–H and O–H groups in total. The summed E-state index contributed by atoms with van der Waals surface area (Å²) in [5.41, 5.74) is 2.87. The normalized spacial score (nSPS) is 16.5. The van der Waals surface area contributed by atoms with Gasteiger partial charge in [0.25, 0.3) is 5.91 Å². The number of carbonyl (C=O) groups is 1.